The van der Waals surface area contributed by atoms with Crippen molar-refractivity contribution in [3.05, 3.63) is 23.8 Å². The summed E-state index contributed by atoms with van der Waals surface area (Å²) in [6.45, 7) is 6.69. The minimum absolute atomic E-state index is 0.228. The third-order valence-electron chi connectivity index (χ3n) is 2.52. The topological polar surface area (TPSA) is 12.0 Å². The lowest BCUT2D eigenvalue weighted by Crippen LogP contribution is -2.36. The van der Waals surface area contributed by atoms with E-state index >= 15 is 0 Å². The van der Waals surface area contributed by atoms with Crippen molar-refractivity contribution in [3.8, 4) is 0 Å². The van der Waals surface area contributed by atoms with Crippen LogP contribution in [0, 0.1) is 0 Å². The molecule has 2 rings (SSSR count). The van der Waals surface area contributed by atoms with Crippen molar-refractivity contribution < 1.29 is 0 Å². The van der Waals surface area contributed by atoms with Crippen LogP contribution in [0.15, 0.2) is 23.1 Å². The number of fused-ring (bicyclic) bond motifs is 1. The highest BCUT2D eigenvalue weighted by atomic mass is 32.2. The standard InChI is InChI=1S/C12H17NS/c1-4-9-5-6-10-11(7-9)14-8-12(2,3)13-10/h5-7,13H,4,8H2,1-3H3. The van der Waals surface area contributed by atoms with Gasteiger partial charge in [0, 0.05) is 21.9 Å². The maximum Gasteiger partial charge on any atom is 0.0482 e. The normalized spacial score (nSPS) is 18.5. The van der Waals surface area contributed by atoms with E-state index in [-0.39, 0.29) is 5.54 Å². The fourth-order valence-electron chi connectivity index (χ4n) is 1.67. The summed E-state index contributed by atoms with van der Waals surface area (Å²) in [5.74, 6) is 1.15. The SMILES string of the molecule is CCc1ccc2c(c1)SCC(C)(C)N2. The molecule has 0 radical (unpaired) electrons. The van der Waals surface area contributed by atoms with Crippen molar-refractivity contribution in [3.63, 3.8) is 0 Å². The van der Waals surface area contributed by atoms with E-state index in [1.54, 1.807) is 0 Å². The van der Waals surface area contributed by atoms with Gasteiger partial charge in [-0.25, -0.2) is 0 Å². The van der Waals surface area contributed by atoms with Crippen LogP contribution in [0.25, 0.3) is 0 Å². The number of benzene rings is 1. The van der Waals surface area contributed by atoms with Crippen LogP contribution in [-0.2, 0) is 6.42 Å². The minimum atomic E-state index is 0.228. The van der Waals surface area contributed by atoms with Gasteiger partial charge in [0.2, 0.25) is 0 Å². The second-order valence-electron chi connectivity index (χ2n) is 4.48. The maximum absolute atomic E-state index is 3.57. The average Bonchev–Trinajstić information content (AvgIpc) is 2.16. The zero-order chi connectivity index (χ0) is 10.2. The summed E-state index contributed by atoms with van der Waals surface area (Å²) < 4.78 is 0. The quantitative estimate of drug-likeness (QED) is 0.756. The Hall–Kier alpha value is -0.630. The summed E-state index contributed by atoms with van der Waals surface area (Å²) in [7, 11) is 0. The molecule has 1 aliphatic rings. The fourth-order valence-corrected chi connectivity index (χ4v) is 2.77. The van der Waals surface area contributed by atoms with Crippen LogP contribution in [0.4, 0.5) is 5.69 Å². The van der Waals surface area contributed by atoms with Gasteiger partial charge in [-0.05, 0) is 38.0 Å². The van der Waals surface area contributed by atoms with Crippen molar-refractivity contribution in [2.75, 3.05) is 11.1 Å². The summed E-state index contributed by atoms with van der Waals surface area (Å²) in [6, 6.07) is 6.73. The zero-order valence-electron chi connectivity index (χ0n) is 9.05. The molecular weight excluding hydrogens is 190 g/mol. The summed E-state index contributed by atoms with van der Waals surface area (Å²) in [4.78, 5) is 1.41. The van der Waals surface area contributed by atoms with Gasteiger partial charge >= 0.3 is 0 Å². The largest absolute Gasteiger partial charge is 0.378 e. The van der Waals surface area contributed by atoms with Gasteiger partial charge in [-0.15, -0.1) is 11.8 Å². The number of anilines is 1. The van der Waals surface area contributed by atoms with Gasteiger partial charge < -0.3 is 5.32 Å². The molecule has 0 aliphatic carbocycles. The molecule has 2 heteroatoms. The Morgan fingerprint density at radius 2 is 2.21 bits per heavy atom. The molecule has 0 saturated carbocycles. The molecule has 76 valence electrons. The Kier molecular flexibility index (Phi) is 2.48. The lowest BCUT2D eigenvalue weighted by Gasteiger charge is -2.33. The molecule has 1 aromatic carbocycles. The predicted octanol–water partition coefficient (Wildman–Crippen LogP) is 3.55. The van der Waals surface area contributed by atoms with Crippen LogP contribution >= 0.6 is 11.8 Å². The molecule has 1 aliphatic heterocycles. The zero-order valence-corrected chi connectivity index (χ0v) is 9.87. The smallest absolute Gasteiger partial charge is 0.0482 e. The lowest BCUT2D eigenvalue weighted by atomic mass is 10.1. The number of hydrogen-bond acceptors (Lipinski definition) is 2. The van der Waals surface area contributed by atoms with Crippen LogP contribution in [0.5, 0.6) is 0 Å². The number of hydrogen-bond donors (Lipinski definition) is 1. The number of thioether (sulfide) groups is 1. The molecule has 0 amide bonds. The van der Waals surface area contributed by atoms with Crippen LogP contribution in [0.2, 0.25) is 0 Å². The maximum atomic E-state index is 3.57. The molecule has 0 fully saturated rings. The van der Waals surface area contributed by atoms with Crippen LogP contribution in [0.3, 0.4) is 0 Å². The van der Waals surface area contributed by atoms with Crippen LogP contribution in [-0.4, -0.2) is 11.3 Å². The van der Waals surface area contributed by atoms with Crippen molar-refractivity contribution >= 4 is 17.4 Å². The van der Waals surface area contributed by atoms with Crippen molar-refractivity contribution in [2.45, 2.75) is 37.6 Å². The Morgan fingerprint density at radius 3 is 2.93 bits per heavy atom. The third-order valence-corrected chi connectivity index (χ3v) is 4.03. The van der Waals surface area contributed by atoms with E-state index in [0.717, 1.165) is 12.2 Å². The highest BCUT2D eigenvalue weighted by Gasteiger charge is 2.24. The molecule has 0 aromatic heterocycles. The molecule has 0 saturated heterocycles. The Bertz CT molecular complexity index is 344. The fraction of sp³-hybridized carbons (Fsp3) is 0.500. The minimum Gasteiger partial charge on any atom is -0.378 e. The van der Waals surface area contributed by atoms with E-state index in [9.17, 15) is 0 Å². The first-order valence-electron chi connectivity index (χ1n) is 5.15. The molecule has 0 unspecified atom stereocenters. The molecule has 14 heavy (non-hydrogen) atoms. The average molecular weight is 207 g/mol. The Morgan fingerprint density at radius 1 is 1.43 bits per heavy atom. The van der Waals surface area contributed by atoms with Gasteiger partial charge in [0.15, 0.2) is 0 Å². The van der Waals surface area contributed by atoms with Gasteiger partial charge in [0.25, 0.3) is 0 Å². The van der Waals surface area contributed by atoms with E-state index in [1.165, 1.54) is 16.1 Å². The molecule has 0 bridgehead atoms. The number of nitrogens with one attached hydrogen (secondary N) is 1. The molecule has 1 aromatic rings. The highest BCUT2D eigenvalue weighted by Crippen LogP contribution is 2.37. The Labute approximate surface area is 90.3 Å². The monoisotopic (exact) mass is 207 g/mol. The molecule has 1 N–H and O–H groups in total. The van der Waals surface area contributed by atoms with Crippen molar-refractivity contribution in [2.24, 2.45) is 0 Å². The lowest BCUT2D eigenvalue weighted by molar-refractivity contribution is 0.637. The van der Waals surface area contributed by atoms with E-state index in [4.69, 9.17) is 0 Å². The molecular formula is C12H17NS. The highest BCUT2D eigenvalue weighted by molar-refractivity contribution is 7.99. The van der Waals surface area contributed by atoms with Crippen molar-refractivity contribution in [1.29, 1.82) is 0 Å². The van der Waals surface area contributed by atoms with Crippen LogP contribution < -0.4 is 5.32 Å². The second kappa shape index (κ2) is 3.50. The first-order valence-corrected chi connectivity index (χ1v) is 6.13. The number of aryl methyl sites for hydroxylation is 1. The van der Waals surface area contributed by atoms with Crippen molar-refractivity contribution in [1.82, 2.24) is 0 Å². The van der Waals surface area contributed by atoms with E-state index < -0.39 is 0 Å². The molecule has 0 atom stereocenters. The van der Waals surface area contributed by atoms with Gasteiger partial charge in [-0.3, -0.25) is 0 Å². The van der Waals surface area contributed by atoms with Gasteiger partial charge in [0.05, 0.1) is 0 Å². The van der Waals surface area contributed by atoms with Gasteiger partial charge in [0.1, 0.15) is 0 Å². The van der Waals surface area contributed by atoms with E-state index in [2.05, 4.69) is 44.3 Å². The third kappa shape index (κ3) is 1.90. The molecule has 1 heterocycles. The first kappa shape index (κ1) is 9.91. The summed E-state index contributed by atoms with van der Waals surface area (Å²) >= 11 is 1.96. The molecule has 0 spiro atoms. The summed E-state index contributed by atoms with van der Waals surface area (Å²) in [5.41, 5.74) is 2.95. The second-order valence-corrected chi connectivity index (χ2v) is 5.50. The van der Waals surface area contributed by atoms with Gasteiger partial charge in [-0.2, -0.15) is 0 Å². The summed E-state index contributed by atoms with van der Waals surface area (Å²) in [5, 5.41) is 3.57. The van der Waals surface area contributed by atoms with Gasteiger partial charge in [-0.1, -0.05) is 13.0 Å². The van der Waals surface area contributed by atoms with E-state index in [0.29, 0.717) is 0 Å². The van der Waals surface area contributed by atoms with Crippen LogP contribution in [0.1, 0.15) is 26.3 Å². The predicted molar refractivity (Wildman–Crippen MR) is 64.2 cm³/mol. The van der Waals surface area contributed by atoms with E-state index in [1.807, 2.05) is 11.8 Å². The number of rotatable bonds is 1. The Balaban J connectivity index is 2.32. The molecule has 1 nitrogen and oxygen atoms in total. The first-order chi connectivity index (χ1) is 6.61. The summed E-state index contributed by atoms with van der Waals surface area (Å²) in [6.07, 6.45) is 1.12.